The number of nitrogens with one attached hydrogen (secondary N) is 1. The molecule has 2 aromatic rings. The summed E-state index contributed by atoms with van der Waals surface area (Å²) < 4.78 is 53.0. The number of hydrogen-bond donors (Lipinski definition) is 1. The predicted octanol–water partition coefficient (Wildman–Crippen LogP) is 2.56. The highest BCUT2D eigenvalue weighted by molar-refractivity contribution is 7.89. The zero-order valence-electron chi connectivity index (χ0n) is 12.6. The van der Waals surface area contributed by atoms with Crippen molar-refractivity contribution in [3.8, 4) is 0 Å². The van der Waals surface area contributed by atoms with Gasteiger partial charge in [0, 0.05) is 24.7 Å². The Morgan fingerprint density at radius 1 is 1.30 bits per heavy atom. The Balaban J connectivity index is 1.88. The van der Waals surface area contributed by atoms with E-state index in [1.54, 1.807) is 6.20 Å². The standard InChI is InChI=1S/C15H17F2N3O2S/c1-10-8-18-19-15(10)11-3-2-6-20(9-11)23(21,22)12-4-5-13(16)14(17)7-12/h4-5,7-8,11H,2-3,6,9H2,1H3,(H,18,19). The van der Waals surface area contributed by atoms with Crippen molar-refractivity contribution < 1.29 is 17.2 Å². The van der Waals surface area contributed by atoms with Gasteiger partial charge in [0.2, 0.25) is 10.0 Å². The number of rotatable bonds is 3. The van der Waals surface area contributed by atoms with Gasteiger partial charge in [-0.25, -0.2) is 17.2 Å². The van der Waals surface area contributed by atoms with Crippen LogP contribution in [0.4, 0.5) is 8.78 Å². The Kier molecular flexibility index (Phi) is 4.20. The minimum absolute atomic E-state index is 0.0197. The van der Waals surface area contributed by atoms with Gasteiger partial charge >= 0.3 is 0 Å². The molecule has 1 unspecified atom stereocenters. The molecule has 0 aliphatic carbocycles. The highest BCUT2D eigenvalue weighted by Crippen LogP contribution is 2.30. The van der Waals surface area contributed by atoms with Crippen LogP contribution in [0.3, 0.4) is 0 Å². The second-order valence-corrected chi connectivity index (χ2v) is 7.68. The maximum absolute atomic E-state index is 13.4. The fourth-order valence-electron chi connectivity index (χ4n) is 2.95. The Morgan fingerprint density at radius 3 is 2.74 bits per heavy atom. The average molecular weight is 341 g/mol. The van der Waals surface area contributed by atoms with E-state index >= 15 is 0 Å². The third-order valence-corrected chi connectivity index (χ3v) is 6.05. The Hall–Kier alpha value is -1.80. The van der Waals surface area contributed by atoms with Crippen molar-refractivity contribution in [1.82, 2.24) is 14.5 Å². The molecule has 0 saturated carbocycles. The van der Waals surface area contributed by atoms with Crippen LogP contribution >= 0.6 is 0 Å². The highest BCUT2D eigenvalue weighted by Gasteiger charge is 2.32. The van der Waals surface area contributed by atoms with Gasteiger partial charge in [-0.05, 0) is 43.5 Å². The van der Waals surface area contributed by atoms with E-state index in [-0.39, 0.29) is 10.8 Å². The lowest BCUT2D eigenvalue weighted by Crippen LogP contribution is -2.39. The third kappa shape index (κ3) is 3.00. The van der Waals surface area contributed by atoms with Gasteiger partial charge in [-0.2, -0.15) is 9.40 Å². The van der Waals surface area contributed by atoms with Gasteiger partial charge in [0.15, 0.2) is 11.6 Å². The van der Waals surface area contributed by atoms with Gasteiger partial charge in [-0.15, -0.1) is 0 Å². The minimum Gasteiger partial charge on any atom is -0.282 e. The normalized spacial score (nSPS) is 19.9. The van der Waals surface area contributed by atoms with Crippen LogP contribution in [-0.2, 0) is 10.0 Å². The first-order valence-corrected chi connectivity index (χ1v) is 8.78. The summed E-state index contributed by atoms with van der Waals surface area (Å²) in [5, 5.41) is 6.90. The van der Waals surface area contributed by atoms with Crippen LogP contribution in [0, 0.1) is 18.6 Å². The summed E-state index contributed by atoms with van der Waals surface area (Å²) in [4.78, 5) is -0.224. The minimum atomic E-state index is -3.85. The van der Waals surface area contributed by atoms with E-state index in [4.69, 9.17) is 0 Å². The van der Waals surface area contributed by atoms with E-state index in [9.17, 15) is 17.2 Å². The topological polar surface area (TPSA) is 66.1 Å². The van der Waals surface area contributed by atoms with Crippen LogP contribution in [0.2, 0.25) is 0 Å². The van der Waals surface area contributed by atoms with E-state index in [0.717, 1.165) is 35.9 Å². The van der Waals surface area contributed by atoms with Crippen molar-refractivity contribution >= 4 is 10.0 Å². The lowest BCUT2D eigenvalue weighted by atomic mass is 9.94. The van der Waals surface area contributed by atoms with E-state index in [0.29, 0.717) is 19.5 Å². The SMILES string of the molecule is Cc1cn[nH]c1C1CCCN(S(=O)(=O)c2ccc(F)c(F)c2)C1. The van der Waals surface area contributed by atoms with Crippen molar-refractivity contribution in [3.63, 3.8) is 0 Å². The molecule has 1 aromatic heterocycles. The number of benzene rings is 1. The Labute approximate surface area is 133 Å². The second-order valence-electron chi connectivity index (χ2n) is 5.74. The van der Waals surface area contributed by atoms with Gasteiger partial charge in [0.25, 0.3) is 0 Å². The molecule has 0 radical (unpaired) electrons. The number of aromatic amines is 1. The molecule has 3 rings (SSSR count). The molecule has 8 heteroatoms. The van der Waals surface area contributed by atoms with Gasteiger partial charge < -0.3 is 0 Å². The smallest absolute Gasteiger partial charge is 0.243 e. The van der Waals surface area contributed by atoms with Crippen LogP contribution in [0.5, 0.6) is 0 Å². The fraction of sp³-hybridized carbons (Fsp3) is 0.400. The zero-order valence-corrected chi connectivity index (χ0v) is 13.4. The molecule has 23 heavy (non-hydrogen) atoms. The zero-order chi connectivity index (χ0) is 16.6. The quantitative estimate of drug-likeness (QED) is 0.933. The lowest BCUT2D eigenvalue weighted by Gasteiger charge is -2.31. The molecule has 1 aliphatic rings. The van der Waals surface area contributed by atoms with E-state index in [1.807, 2.05) is 6.92 Å². The first-order chi connectivity index (χ1) is 10.9. The number of aromatic nitrogens is 2. The number of piperidine rings is 1. The summed E-state index contributed by atoms with van der Waals surface area (Å²) in [6.07, 6.45) is 3.26. The molecule has 1 N–H and O–H groups in total. The first-order valence-electron chi connectivity index (χ1n) is 7.34. The molecule has 0 spiro atoms. The van der Waals surface area contributed by atoms with Crippen molar-refractivity contribution in [3.05, 3.63) is 47.3 Å². The molecule has 0 amide bonds. The number of hydrogen-bond acceptors (Lipinski definition) is 3. The Bertz CT molecular complexity index is 820. The van der Waals surface area contributed by atoms with Crippen molar-refractivity contribution in [2.45, 2.75) is 30.6 Å². The van der Waals surface area contributed by atoms with Crippen molar-refractivity contribution in [2.24, 2.45) is 0 Å². The van der Waals surface area contributed by atoms with Gasteiger partial charge in [-0.1, -0.05) is 0 Å². The third-order valence-electron chi connectivity index (χ3n) is 4.19. The molecule has 1 atom stereocenters. The average Bonchev–Trinajstić information content (AvgIpc) is 2.96. The maximum Gasteiger partial charge on any atom is 0.243 e. The van der Waals surface area contributed by atoms with Gasteiger partial charge in [0.05, 0.1) is 11.1 Å². The fourth-order valence-corrected chi connectivity index (χ4v) is 4.49. The number of aryl methyl sites for hydroxylation is 1. The molecule has 1 fully saturated rings. The molecule has 124 valence electrons. The predicted molar refractivity (Wildman–Crippen MR) is 80.4 cm³/mol. The van der Waals surface area contributed by atoms with E-state index < -0.39 is 21.7 Å². The Morgan fingerprint density at radius 2 is 2.09 bits per heavy atom. The summed E-state index contributed by atoms with van der Waals surface area (Å²) in [5.74, 6) is -2.20. The molecule has 2 heterocycles. The second kappa shape index (κ2) is 6.01. The molecule has 1 saturated heterocycles. The van der Waals surface area contributed by atoms with Crippen molar-refractivity contribution in [2.75, 3.05) is 13.1 Å². The van der Waals surface area contributed by atoms with Crippen molar-refractivity contribution in [1.29, 1.82) is 0 Å². The lowest BCUT2D eigenvalue weighted by molar-refractivity contribution is 0.312. The van der Waals surface area contributed by atoms with Gasteiger partial charge in [0.1, 0.15) is 0 Å². The van der Waals surface area contributed by atoms with E-state index in [2.05, 4.69) is 10.2 Å². The summed E-state index contributed by atoms with van der Waals surface area (Å²) in [7, 11) is -3.85. The monoisotopic (exact) mass is 341 g/mol. The molecule has 5 nitrogen and oxygen atoms in total. The summed E-state index contributed by atoms with van der Waals surface area (Å²) in [5.41, 5.74) is 1.91. The summed E-state index contributed by atoms with van der Waals surface area (Å²) >= 11 is 0. The van der Waals surface area contributed by atoms with E-state index in [1.165, 1.54) is 4.31 Å². The number of H-pyrrole nitrogens is 1. The van der Waals surface area contributed by atoms with Crippen LogP contribution in [0.25, 0.3) is 0 Å². The van der Waals surface area contributed by atoms with Crippen LogP contribution in [0.15, 0.2) is 29.3 Å². The van der Waals surface area contributed by atoms with Crippen LogP contribution in [-0.4, -0.2) is 36.0 Å². The number of sulfonamides is 1. The molecule has 1 aliphatic heterocycles. The maximum atomic E-state index is 13.4. The van der Waals surface area contributed by atoms with Gasteiger partial charge in [-0.3, -0.25) is 5.10 Å². The number of nitrogens with zero attached hydrogens (tertiary/aromatic N) is 2. The molecular formula is C15H17F2N3O2S. The molecule has 0 bridgehead atoms. The number of halogens is 2. The molecule has 1 aromatic carbocycles. The van der Waals surface area contributed by atoms with Crippen LogP contribution < -0.4 is 0 Å². The largest absolute Gasteiger partial charge is 0.282 e. The first kappa shape index (κ1) is 16.1. The van der Waals surface area contributed by atoms with Crippen LogP contribution in [0.1, 0.15) is 30.0 Å². The highest BCUT2D eigenvalue weighted by atomic mass is 32.2. The summed E-state index contributed by atoms with van der Waals surface area (Å²) in [6, 6.07) is 2.66. The molecular weight excluding hydrogens is 324 g/mol. The summed E-state index contributed by atoms with van der Waals surface area (Å²) in [6.45, 7) is 2.58.